The van der Waals surface area contributed by atoms with E-state index >= 15 is 0 Å². The van der Waals surface area contributed by atoms with Crippen LogP contribution in [-0.2, 0) is 17.5 Å². The van der Waals surface area contributed by atoms with Crippen molar-refractivity contribution >= 4 is 35.1 Å². The van der Waals surface area contributed by atoms with E-state index in [0.717, 1.165) is 24.3 Å². The van der Waals surface area contributed by atoms with E-state index in [1.165, 1.54) is 0 Å². The second-order valence-corrected chi connectivity index (χ2v) is 11.2. The second kappa shape index (κ2) is 13.3. The number of benzene rings is 2. The first-order chi connectivity index (χ1) is 20.6. The average molecular weight is 670 g/mol. The molecule has 2 N–H and O–H groups in total. The zero-order valence-electron chi connectivity index (χ0n) is 22.5. The molecular formula is C28H24Cl2F7N3O4. The van der Waals surface area contributed by atoms with Crippen molar-refractivity contribution in [2.45, 2.75) is 57.0 Å². The summed E-state index contributed by atoms with van der Waals surface area (Å²) in [6.45, 7) is -1.52. The van der Waals surface area contributed by atoms with Gasteiger partial charge >= 0.3 is 12.1 Å². The minimum Gasteiger partial charge on any atom is -0.481 e. The molecule has 2 aromatic carbocycles. The third-order valence-electron chi connectivity index (χ3n) is 7.35. The molecule has 0 aliphatic heterocycles. The van der Waals surface area contributed by atoms with Gasteiger partial charge in [-0.15, -0.1) is 0 Å². The van der Waals surface area contributed by atoms with Crippen LogP contribution < -0.4 is 0 Å². The number of carbonyl (C=O) groups excluding carboxylic acids is 1. The number of carboxylic acids is 1. The zero-order chi connectivity index (χ0) is 32.5. The van der Waals surface area contributed by atoms with Gasteiger partial charge in [-0.1, -0.05) is 23.2 Å². The molecule has 1 amide bonds. The summed E-state index contributed by atoms with van der Waals surface area (Å²) >= 11 is 12.2. The lowest BCUT2D eigenvalue weighted by Gasteiger charge is -2.29. The number of amides is 1. The molecule has 238 valence electrons. The third-order valence-corrected chi connectivity index (χ3v) is 7.97. The van der Waals surface area contributed by atoms with Gasteiger partial charge < -0.3 is 15.1 Å². The average Bonchev–Trinajstić information content (AvgIpc) is 3.37. The lowest BCUT2D eigenvalue weighted by molar-refractivity contribution is -0.147. The van der Waals surface area contributed by atoms with Crippen molar-refractivity contribution < 1.29 is 50.5 Å². The molecule has 0 spiro atoms. The number of aliphatic carboxylic acids is 1. The molecule has 1 atom stereocenters. The van der Waals surface area contributed by atoms with Crippen LogP contribution in [0.3, 0.4) is 0 Å². The van der Waals surface area contributed by atoms with Crippen LogP contribution in [0, 0.1) is 17.6 Å². The number of alkyl halides is 5. The summed E-state index contributed by atoms with van der Waals surface area (Å²) in [4.78, 5) is 25.7. The molecule has 1 aliphatic rings. The van der Waals surface area contributed by atoms with Gasteiger partial charge in [-0.25, -0.2) is 17.6 Å². The monoisotopic (exact) mass is 669 g/mol. The molecule has 1 heterocycles. The van der Waals surface area contributed by atoms with Crippen molar-refractivity contribution in [1.29, 1.82) is 0 Å². The van der Waals surface area contributed by atoms with Crippen LogP contribution in [0.4, 0.5) is 30.7 Å². The van der Waals surface area contributed by atoms with E-state index in [1.54, 1.807) is 0 Å². The van der Waals surface area contributed by atoms with Crippen LogP contribution in [0.15, 0.2) is 36.5 Å². The summed E-state index contributed by atoms with van der Waals surface area (Å²) in [5.41, 5.74) is -3.42. The van der Waals surface area contributed by atoms with Gasteiger partial charge in [0.05, 0.1) is 36.4 Å². The highest BCUT2D eigenvalue weighted by Gasteiger charge is 2.43. The van der Waals surface area contributed by atoms with Crippen molar-refractivity contribution in [3.8, 4) is 0 Å². The molecule has 0 saturated heterocycles. The standard InChI is InChI=1S/C28H24Cl2F7N3O4/c29-20-7-15(25(33)34)8-21(30)23(20)22(41)12-39(11-13-5-16(31)9-17(32)6-13)26(42)19-10-38-40(24(19)28(35,36)37)18-3-1-14(2-4-18)27(43)44/h5-10,14,18,22,25,41H,1-4,11-12H2,(H,43,44). The summed E-state index contributed by atoms with van der Waals surface area (Å²) in [7, 11) is 0. The maximum Gasteiger partial charge on any atom is 0.433 e. The summed E-state index contributed by atoms with van der Waals surface area (Å²) in [6.07, 6.45) is -8.95. The number of carbonyl (C=O) groups is 2. The van der Waals surface area contributed by atoms with Gasteiger partial charge in [0.15, 0.2) is 5.69 Å². The SMILES string of the molecule is O=C(O)C1CCC(n2ncc(C(=O)N(Cc3cc(F)cc(F)c3)CC(O)c3c(Cl)cc(C(F)F)cc3Cl)c2C(F)(F)F)CC1. The number of carboxylic acid groups (broad SMARTS) is 1. The summed E-state index contributed by atoms with van der Waals surface area (Å²) in [5.74, 6) is -5.20. The lowest BCUT2D eigenvalue weighted by atomic mass is 9.86. The third kappa shape index (κ3) is 7.46. The van der Waals surface area contributed by atoms with Crippen LogP contribution in [0.1, 0.15) is 77.0 Å². The predicted molar refractivity (Wildman–Crippen MR) is 143 cm³/mol. The molecule has 1 fully saturated rings. The molecule has 16 heteroatoms. The number of halogens is 9. The predicted octanol–water partition coefficient (Wildman–Crippen LogP) is 7.62. The molecule has 44 heavy (non-hydrogen) atoms. The van der Waals surface area contributed by atoms with Gasteiger partial charge in [0.25, 0.3) is 12.3 Å². The maximum absolute atomic E-state index is 14.4. The molecule has 1 saturated carbocycles. The van der Waals surface area contributed by atoms with Crippen molar-refractivity contribution in [3.05, 3.63) is 86.2 Å². The van der Waals surface area contributed by atoms with Crippen LogP contribution in [0.25, 0.3) is 0 Å². The van der Waals surface area contributed by atoms with E-state index in [4.69, 9.17) is 23.2 Å². The minimum atomic E-state index is -5.11. The number of nitrogens with zero attached hydrogens (tertiary/aromatic N) is 3. The van der Waals surface area contributed by atoms with E-state index < -0.39 is 94.1 Å². The van der Waals surface area contributed by atoms with E-state index in [0.29, 0.717) is 21.8 Å². The van der Waals surface area contributed by atoms with Crippen LogP contribution in [-0.4, -0.2) is 43.3 Å². The molecule has 0 radical (unpaired) electrons. The summed E-state index contributed by atoms with van der Waals surface area (Å²) in [6, 6.07) is 3.00. The van der Waals surface area contributed by atoms with E-state index in [9.17, 15) is 50.5 Å². The molecule has 7 nitrogen and oxygen atoms in total. The van der Waals surface area contributed by atoms with Crippen molar-refractivity contribution in [2.75, 3.05) is 6.54 Å². The zero-order valence-corrected chi connectivity index (χ0v) is 24.0. The first kappa shape index (κ1) is 33.5. The smallest absolute Gasteiger partial charge is 0.433 e. The minimum absolute atomic E-state index is 0.0476. The van der Waals surface area contributed by atoms with E-state index in [2.05, 4.69) is 5.10 Å². The number of aliphatic hydroxyl groups is 1. The van der Waals surface area contributed by atoms with Crippen molar-refractivity contribution in [3.63, 3.8) is 0 Å². The highest BCUT2D eigenvalue weighted by Crippen LogP contribution is 2.40. The largest absolute Gasteiger partial charge is 0.481 e. The molecule has 1 aliphatic carbocycles. The fourth-order valence-corrected chi connectivity index (χ4v) is 6.06. The molecule has 1 aromatic heterocycles. The van der Waals surface area contributed by atoms with Gasteiger partial charge in [0, 0.05) is 33.8 Å². The Morgan fingerprint density at radius 2 is 1.57 bits per heavy atom. The summed E-state index contributed by atoms with van der Waals surface area (Å²) < 4.78 is 98.2. The van der Waals surface area contributed by atoms with Gasteiger partial charge in [0.1, 0.15) is 11.6 Å². The fourth-order valence-electron chi connectivity index (χ4n) is 5.31. The Balaban J connectivity index is 1.73. The Morgan fingerprint density at radius 1 is 1.00 bits per heavy atom. The first-order valence-electron chi connectivity index (χ1n) is 13.1. The van der Waals surface area contributed by atoms with Crippen LogP contribution in [0.5, 0.6) is 0 Å². The van der Waals surface area contributed by atoms with Gasteiger partial charge in [-0.2, -0.15) is 18.3 Å². The number of hydrogen-bond donors (Lipinski definition) is 2. The first-order valence-corrected chi connectivity index (χ1v) is 13.9. The molecule has 1 unspecified atom stereocenters. The van der Waals surface area contributed by atoms with Crippen LogP contribution >= 0.6 is 23.2 Å². The molecule has 3 aromatic rings. The topological polar surface area (TPSA) is 95.7 Å². The Morgan fingerprint density at radius 3 is 2.07 bits per heavy atom. The van der Waals surface area contributed by atoms with E-state index in [1.807, 2.05) is 0 Å². The number of aromatic nitrogens is 2. The van der Waals surface area contributed by atoms with E-state index in [-0.39, 0.29) is 36.8 Å². The molecular weight excluding hydrogens is 646 g/mol. The Bertz CT molecular complexity index is 1500. The Labute approximate surface area is 255 Å². The lowest BCUT2D eigenvalue weighted by Crippen LogP contribution is -2.36. The van der Waals surface area contributed by atoms with Gasteiger partial charge in [-0.3, -0.25) is 14.3 Å². The number of hydrogen-bond acceptors (Lipinski definition) is 4. The highest BCUT2D eigenvalue weighted by molar-refractivity contribution is 6.36. The second-order valence-electron chi connectivity index (χ2n) is 10.4. The Kier molecular flexibility index (Phi) is 10.2. The van der Waals surface area contributed by atoms with Gasteiger partial charge in [-0.05, 0) is 55.5 Å². The van der Waals surface area contributed by atoms with Crippen molar-refractivity contribution in [2.24, 2.45) is 5.92 Å². The normalized spacial score (nSPS) is 18.0. The maximum atomic E-state index is 14.4. The highest BCUT2D eigenvalue weighted by atomic mass is 35.5. The number of aliphatic hydroxyl groups excluding tert-OH is 1. The van der Waals surface area contributed by atoms with Gasteiger partial charge in [0.2, 0.25) is 0 Å². The van der Waals surface area contributed by atoms with Crippen LogP contribution in [0.2, 0.25) is 10.0 Å². The Hall–Kier alpha value is -3.36. The number of rotatable bonds is 9. The molecule has 4 rings (SSSR count). The quantitative estimate of drug-likeness (QED) is 0.229. The molecule has 0 bridgehead atoms. The summed E-state index contributed by atoms with van der Waals surface area (Å²) in [5, 5.41) is 23.2. The van der Waals surface area contributed by atoms with Crippen molar-refractivity contribution in [1.82, 2.24) is 14.7 Å². The fraction of sp³-hybridized carbons (Fsp3) is 0.393.